The molecule has 6 nitrogen and oxygen atoms in total. The van der Waals surface area contributed by atoms with E-state index >= 15 is 0 Å². The second kappa shape index (κ2) is 6.51. The van der Waals surface area contributed by atoms with Gasteiger partial charge in [-0.1, -0.05) is 30.3 Å². The molecule has 0 fully saturated rings. The maximum absolute atomic E-state index is 12.9. The molecule has 1 N–H and O–H groups in total. The summed E-state index contributed by atoms with van der Waals surface area (Å²) in [5.74, 6) is 2.11. The van der Waals surface area contributed by atoms with Gasteiger partial charge in [0.05, 0.1) is 28.6 Å². The molecule has 0 saturated heterocycles. The van der Waals surface area contributed by atoms with E-state index < -0.39 is 0 Å². The van der Waals surface area contributed by atoms with Gasteiger partial charge in [-0.25, -0.2) is 9.67 Å². The van der Waals surface area contributed by atoms with E-state index in [-0.39, 0.29) is 11.6 Å². The first-order chi connectivity index (χ1) is 13.3. The summed E-state index contributed by atoms with van der Waals surface area (Å²) in [7, 11) is 0. The number of amides is 1. The minimum atomic E-state index is -0.287. The fraction of sp³-hybridized carbons (Fsp3) is 0.100. The first-order valence-corrected chi connectivity index (χ1v) is 9.72. The molecule has 0 aliphatic carbocycles. The summed E-state index contributed by atoms with van der Waals surface area (Å²) in [6, 6.07) is 17.3. The normalized spacial score (nSPS) is 12.9. The number of nitrogens with zero attached hydrogens (tertiary/aromatic N) is 4. The van der Waals surface area contributed by atoms with Crippen molar-refractivity contribution in [1.82, 2.24) is 19.7 Å². The minimum absolute atomic E-state index is 0.286. The summed E-state index contributed by atoms with van der Waals surface area (Å²) in [5.41, 5.74) is 4.75. The van der Waals surface area contributed by atoms with Crippen LogP contribution in [0, 0.1) is 0 Å². The first-order valence-electron chi connectivity index (χ1n) is 8.57. The highest BCUT2D eigenvalue weighted by molar-refractivity contribution is 7.98. The molecule has 5 rings (SSSR count). The van der Waals surface area contributed by atoms with Gasteiger partial charge in [0.15, 0.2) is 0 Å². The Morgan fingerprint density at radius 1 is 1.00 bits per heavy atom. The second-order valence-electron chi connectivity index (χ2n) is 6.21. The van der Waals surface area contributed by atoms with Gasteiger partial charge in [-0.05, 0) is 24.3 Å². The van der Waals surface area contributed by atoms with Crippen LogP contribution in [0.5, 0.6) is 0 Å². The predicted octanol–water partition coefficient (Wildman–Crippen LogP) is 3.81. The highest BCUT2D eigenvalue weighted by Gasteiger charge is 2.25. The molecule has 0 saturated carbocycles. The molecule has 0 radical (unpaired) electrons. The quantitative estimate of drug-likeness (QED) is 0.591. The fourth-order valence-electron chi connectivity index (χ4n) is 3.14. The molecular formula is C20H15N5OS. The highest BCUT2D eigenvalue weighted by Crippen LogP contribution is 2.36. The number of carbonyl (C=O) groups excluding carboxylic acids is 1. The Balaban J connectivity index is 1.53. The van der Waals surface area contributed by atoms with Crippen LogP contribution in [0.1, 0.15) is 21.7 Å². The number of fused-ring (bicyclic) bond motifs is 2. The van der Waals surface area contributed by atoms with Gasteiger partial charge in [0.1, 0.15) is 11.5 Å². The molecule has 1 aliphatic heterocycles. The van der Waals surface area contributed by atoms with Crippen molar-refractivity contribution in [3.8, 4) is 5.69 Å². The van der Waals surface area contributed by atoms with Crippen molar-refractivity contribution in [2.24, 2.45) is 0 Å². The Kier molecular flexibility index (Phi) is 3.86. The van der Waals surface area contributed by atoms with Gasteiger partial charge in [-0.15, -0.1) is 0 Å². The topological polar surface area (TPSA) is 72.7 Å². The molecule has 0 spiro atoms. The molecule has 3 heterocycles. The van der Waals surface area contributed by atoms with Gasteiger partial charge < -0.3 is 5.32 Å². The van der Waals surface area contributed by atoms with Crippen LogP contribution in [0.4, 0.5) is 5.82 Å². The summed E-state index contributed by atoms with van der Waals surface area (Å²) >= 11 is 1.80. The Labute approximate surface area is 159 Å². The molecule has 7 heteroatoms. The Morgan fingerprint density at radius 3 is 2.63 bits per heavy atom. The van der Waals surface area contributed by atoms with E-state index in [9.17, 15) is 4.79 Å². The zero-order chi connectivity index (χ0) is 18.2. The van der Waals surface area contributed by atoms with E-state index in [1.54, 1.807) is 16.4 Å². The molecule has 132 valence electrons. The van der Waals surface area contributed by atoms with Crippen LogP contribution in [0.3, 0.4) is 0 Å². The van der Waals surface area contributed by atoms with Crippen molar-refractivity contribution in [3.63, 3.8) is 0 Å². The number of anilines is 1. The number of carbonyl (C=O) groups is 1. The van der Waals surface area contributed by atoms with Crippen LogP contribution in [0.2, 0.25) is 0 Å². The summed E-state index contributed by atoms with van der Waals surface area (Å²) in [6.45, 7) is 0. The van der Waals surface area contributed by atoms with Crippen LogP contribution in [0.25, 0.3) is 16.7 Å². The van der Waals surface area contributed by atoms with E-state index in [0.717, 1.165) is 34.0 Å². The van der Waals surface area contributed by atoms with E-state index in [4.69, 9.17) is 5.10 Å². The standard InChI is InChI=1S/C20H15N5OS/c26-20(17-10-21-15-8-4-5-9-16(15)22-17)23-19-14-11-27-12-18(14)24-25(19)13-6-2-1-3-7-13/h1-10H,11-12H2,(H,23,26). The number of aromatic nitrogens is 4. The third kappa shape index (κ3) is 2.86. The lowest BCUT2D eigenvalue weighted by Crippen LogP contribution is -2.17. The molecule has 1 amide bonds. The van der Waals surface area contributed by atoms with Gasteiger partial charge in [0.25, 0.3) is 5.91 Å². The number of para-hydroxylation sites is 3. The van der Waals surface area contributed by atoms with Crippen LogP contribution >= 0.6 is 11.8 Å². The molecule has 4 aromatic rings. The number of benzene rings is 2. The average Bonchev–Trinajstić information content (AvgIpc) is 3.31. The maximum atomic E-state index is 12.9. The zero-order valence-corrected chi connectivity index (χ0v) is 15.1. The predicted molar refractivity (Wildman–Crippen MR) is 106 cm³/mol. The third-order valence-corrected chi connectivity index (χ3v) is 5.44. The largest absolute Gasteiger partial charge is 0.305 e. The van der Waals surface area contributed by atoms with Crippen molar-refractivity contribution in [2.45, 2.75) is 11.5 Å². The lowest BCUT2D eigenvalue weighted by Gasteiger charge is -2.11. The lowest BCUT2D eigenvalue weighted by atomic mass is 10.2. The SMILES string of the molecule is O=C(Nc1c2c(nn1-c1ccccc1)CSC2)c1cnc2ccccc2n1. The van der Waals surface area contributed by atoms with Crippen LogP contribution in [-0.2, 0) is 11.5 Å². The molecule has 0 bridgehead atoms. The number of nitrogens with one attached hydrogen (secondary N) is 1. The minimum Gasteiger partial charge on any atom is -0.305 e. The van der Waals surface area contributed by atoms with E-state index in [0.29, 0.717) is 11.3 Å². The van der Waals surface area contributed by atoms with Gasteiger partial charge in [0.2, 0.25) is 0 Å². The van der Waals surface area contributed by atoms with Crippen molar-refractivity contribution in [3.05, 3.63) is 77.7 Å². The van der Waals surface area contributed by atoms with Crippen molar-refractivity contribution in [1.29, 1.82) is 0 Å². The van der Waals surface area contributed by atoms with Crippen molar-refractivity contribution in [2.75, 3.05) is 5.32 Å². The van der Waals surface area contributed by atoms with Crippen molar-refractivity contribution >= 4 is 34.5 Å². The van der Waals surface area contributed by atoms with Crippen molar-refractivity contribution < 1.29 is 4.79 Å². The third-order valence-electron chi connectivity index (χ3n) is 4.47. The second-order valence-corrected chi connectivity index (χ2v) is 7.20. The molecule has 0 atom stereocenters. The molecule has 2 aromatic carbocycles. The van der Waals surface area contributed by atoms with Crippen LogP contribution in [-0.4, -0.2) is 25.7 Å². The molecule has 2 aromatic heterocycles. The number of hydrogen-bond acceptors (Lipinski definition) is 5. The molecule has 0 unspecified atom stereocenters. The summed E-state index contributed by atoms with van der Waals surface area (Å²) < 4.78 is 1.80. The van der Waals surface area contributed by atoms with Gasteiger partial charge in [0, 0.05) is 17.1 Å². The first kappa shape index (κ1) is 16.0. The summed E-state index contributed by atoms with van der Waals surface area (Å²) in [4.78, 5) is 21.7. The van der Waals surface area contributed by atoms with E-state index in [1.165, 1.54) is 6.20 Å². The van der Waals surface area contributed by atoms with Gasteiger partial charge in [-0.3, -0.25) is 9.78 Å². The highest BCUT2D eigenvalue weighted by atomic mass is 32.2. The monoisotopic (exact) mass is 373 g/mol. The van der Waals surface area contributed by atoms with Crippen LogP contribution < -0.4 is 5.32 Å². The zero-order valence-electron chi connectivity index (χ0n) is 14.3. The van der Waals surface area contributed by atoms with Gasteiger partial charge >= 0.3 is 0 Å². The summed E-state index contributed by atoms with van der Waals surface area (Å²) in [6.07, 6.45) is 1.51. The van der Waals surface area contributed by atoms with E-state index in [1.807, 2.05) is 54.6 Å². The molecule has 1 aliphatic rings. The number of hydrogen-bond donors (Lipinski definition) is 1. The molecular weight excluding hydrogens is 358 g/mol. The van der Waals surface area contributed by atoms with Crippen LogP contribution in [0.15, 0.2) is 60.8 Å². The fourth-order valence-corrected chi connectivity index (χ4v) is 4.17. The average molecular weight is 373 g/mol. The Morgan fingerprint density at radius 2 is 1.78 bits per heavy atom. The maximum Gasteiger partial charge on any atom is 0.277 e. The smallest absolute Gasteiger partial charge is 0.277 e. The number of rotatable bonds is 3. The Bertz CT molecular complexity index is 1160. The lowest BCUT2D eigenvalue weighted by molar-refractivity contribution is 0.102. The number of thioether (sulfide) groups is 1. The Hall–Kier alpha value is -3.19. The molecule has 27 heavy (non-hydrogen) atoms. The summed E-state index contributed by atoms with van der Waals surface area (Å²) in [5, 5.41) is 7.72. The van der Waals surface area contributed by atoms with Gasteiger partial charge in [-0.2, -0.15) is 16.9 Å². The van der Waals surface area contributed by atoms with E-state index in [2.05, 4.69) is 15.3 Å².